The molecule has 0 nitrogen and oxygen atoms in total. The SMILES string of the molecule is CCCCC(CC)[Si]CC. The van der Waals surface area contributed by atoms with E-state index in [1.54, 1.807) is 0 Å². The predicted molar refractivity (Wildman–Crippen MR) is 49.8 cm³/mol. The van der Waals surface area contributed by atoms with Crippen molar-refractivity contribution in [3.8, 4) is 0 Å². The molecule has 0 aliphatic carbocycles. The Kier molecular flexibility index (Phi) is 7.48. The van der Waals surface area contributed by atoms with Crippen LogP contribution in [0, 0.1) is 0 Å². The van der Waals surface area contributed by atoms with Crippen molar-refractivity contribution < 1.29 is 0 Å². The van der Waals surface area contributed by atoms with E-state index in [1.165, 1.54) is 41.2 Å². The Hall–Kier alpha value is 0.217. The first-order valence-corrected chi connectivity index (χ1v) is 5.86. The summed E-state index contributed by atoms with van der Waals surface area (Å²) >= 11 is 0. The summed E-state index contributed by atoms with van der Waals surface area (Å²) < 4.78 is 0. The molecule has 1 heteroatoms. The van der Waals surface area contributed by atoms with E-state index in [-0.39, 0.29) is 0 Å². The fraction of sp³-hybridized carbons (Fsp3) is 1.00. The van der Waals surface area contributed by atoms with Gasteiger partial charge in [0.25, 0.3) is 0 Å². The molecule has 10 heavy (non-hydrogen) atoms. The average Bonchev–Trinajstić information content (AvgIpc) is 1.98. The van der Waals surface area contributed by atoms with Gasteiger partial charge in [-0.3, -0.25) is 0 Å². The summed E-state index contributed by atoms with van der Waals surface area (Å²) in [4.78, 5) is 0. The molecule has 0 aromatic heterocycles. The predicted octanol–water partition coefficient (Wildman–Crippen LogP) is 3.52. The lowest BCUT2D eigenvalue weighted by Crippen LogP contribution is -2.00. The van der Waals surface area contributed by atoms with Crippen molar-refractivity contribution in [1.82, 2.24) is 0 Å². The molecule has 1 atom stereocenters. The van der Waals surface area contributed by atoms with Gasteiger partial charge in [0.05, 0.1) is 0 Å². The molecule has 0 amide bonds. The quantitative estimate of drug-likeness (QED) is 0.516. The molecule has 0 N–H and O–H groups in total. The minimum Gasteiger partial charge on any atom is -0.0682 e. The van der Waals surface area contributed by atoms with Crippen LogP contribution in [0.5, 0.6) is 0 Å². The van der Waals surface area contributed by atoms with Crippen LogP contribution in [0.2, 0.25) is 11.6 Å². The average molecular weight is 156 g/mol. The lowest BCUT2D eigenvalue weighted by molar-refractivity contribution is 0.649. The standard InChI is InChI=1S/C9H20Si/c1-4-7-8-9(5-2)10-6-3/h9H,4-8H2,1-3H3. The maximum absolute atomic E-state index is 2.32. The van der Waals surface area contributed by atoms with E-state index >= 15 is 0 Å². The van der Waals surface area contributed by atoms with Gasteiger partial charge in [-0.25, -0.2) is 0 Å². The minimum absolute atomic E-state index is 1.05. The van der Waals surface area contributed by atoms with Crippen molar-refractivity contribution in [1.29, 1.82) is 0 Å². The van der Waals surface area contributed by atoms with Crippen LogP contribution in [0.1, 0.15) is 46.5 Å². The molecule has 0 saturated carbocycles. The third-order valence-corrected chi connectivity index (χ3v) is 3.57. The van der Waals surface area contributed by atoms with Gasteiger partial charge in [0.15, 0.2) is 0 Å². The molecule has 0 heterocycles. The van der Waals surface area contributed by atoms with Gasteiger partial charge in [-0.05, 0) is 5.54 Å². The van der Waals surface area contributed by atoms with Crippen LogP contribution in [-0.2, 0) is 0 Å². The smallest absolute Gasteiger partial charge is 0.0410 e. The number of hydrogen-bond donors (Lipinski definition) is 0. The highest BCUT2D eigenvalue weighted by Crippen LogP contribution is 2.18. The molecule has 0 aliphatic heterocycles. The van der Waals surface area contributed by atoms with E-state index in [4.69, 9.17) is 0 Å². The van der Waals surface area contributed by atoms with Gasteiger partial charge in [-0.1, -0.05) is 52.5 Å². The maximum Gasteiger partial charge on any atom is 0.0410 e. The molecule has 2 radical (unpaired) electrons. The van der Waals surface area contributed by atoms with Crippen molar-refractivity contribution in [2.75, 3.05) is 0 Å². The Balaban J connectivity index is 3.21. The summed E-state index contributed by atoms with van der Waals surface area (Å²) in [6, 6.07) is 1.39. The fourth-order valence-corrected chi connectivity index (χ4v) is 2.46. The van der Waals surface area contributed by atoms with Crippen molar-refractivity contribution >= 4 is 9.52 Å². The van der Waals surface area contributed by atoms with Crippen molar-refractivity contribution in [2.45, 2.75) is 58.0 Å². The summed E-state index contributed by atoms with van der Waals surface area (Å²) in [5.41, 5.74) is 1.05. The van der Waals surface area contributed by atoms with Gasteiger partial charge in [0, 0.05) is 9.52 Å². The summed E-state index contributed by atoms with van der Waals surface area (Å²) in [5, 5.41) is 0. The van der Waals surface area contributed by atoms with Gasteiger partial charge < -0.3 is 0 Å². The molecular formula is C9H20Si. The number of unbranched alkanes of at least 4 members (excludes halogenated alkanes) is 1. The second kappa shape index (κ2) is 7.33. The van der Waals surface area contributed by atoms with Gasteiger partial charge in [-0.2, -0.15) is 0 Å². The molecule has 0 fully saturated rings. The molecular weight excluding hydrogens is 136 g/mol. The molecule has 0 bridgehead atoms. The largest absolute Gasteiger partial charge is 0.0682 e. The van der Waals surface area contributed by atoms with Crippen LogP contribution in [0.3, 0.4) is 0 Å². The second-order valence-electron chi connectivity index (χ2n) is 2.81. The summed E-state index contributed by atoms with van der Waals surface area (Å²) in [6.45, 7) is 6.90. The van der Waals surface area contributed by atoms with E-state index in [0.29, 0.717) is 0 Å². The molecule has 0 saturated heterocycles. The molecule has 0 spiro atoms. The van der Waals surface area contributed by atoms with Gasteiger partial charge >= 0.3 is 0 Å². The molecule has 0 rings (SSSR count). The van der Waals surface area contributed by atoms with E-state index < -0.39 is 0 Å². The van der Waals surface area contributed by atoms with E-state index in [1.807, 2.05) is 0 Å². The van der Waals surface area contributed by atoms with Crippen LogP contribution < -0.4 is 0 Å². The first-order chi connectivity index (χ1) is 4.85. The maximum atomic E-state index is 2.32. The summed E-state index contributed by atoms with van der Waals surface area (Å²) in [7, 11) is 1.22. The summed E-state index contributed by atoms with van der Waals surface area (Å²) in [6.07, 6.45) is 5.67. The molecule has 0 aromatic rings. The topological polar surface area (TPSA) is 0 Å². The highest BCUT2D eigenvalue weighted by molar-refractivity contribution is 6.37. The highest BCUT2D eigenvalue weighted by Gasteiger charge is 2.03. The van der Waals surface area contributed by atoms with Crippen LogP contribution in [0.15, 0.2) is 0 Å². The monoisotopic (exact) mass is 156 g/mol. The Morgan fingerprint density at radius 2 is 1.90 bits per heavy atom. The van der Waals surface area contributed by atoms with E-state index in [2.05, 4.69) is 20.8 Å². The zero-order valence-corrected chi connectivity index (χ0v) is 8.61. The third-order valence-electron chi connectivity index (χ3n) is 1.89. The lowest BCUT2D eigenvalue weighted by Gasteiger charge is -2.10. The van der Waals surface area contributed by atoms with Crippen molar-refractivity contribution in [2.24, 2.45) is 0 Å². The Bertz CT molecular complexity index is 61.7. The normalized spacial score (nSPS) is 13.5. The second-order valence-corrected chi connectivity index (χ2v) is 4.74. The van der Waals surface area contributed by atoms with Crippen LogP contribution in [-0.4, -0.2) is 9.52 Å². The van der Waals surface area contributed by atoms with Crippen LogP contribution in [0.25, 0.3) is 0 Å². The first-order valence-electron chi connectivity index (χ1n) is 4.58. The molecule has 0 aliphatic rings. The Morgan fingerprint density at radius 1 is 1.20 bits per heavy atom. The summed E-state index contributed by atoms with van der Waals surface area (Å²) in [5.74, 6) is 0. The van der Waals surface area contributed by atoms with Gasteiger partial charge in [-0.15, -0.1) is 0 Å². The van der Waals surface area contributed by atoms with E-state index in [0.717, 1.165) is 5.54 Å². The molecule has 0 aromatic carbocycles. The van der Waals surface area contributed by atoms with Gasteiger partial charge in [0.2, 0.25) is 0 Å². The van der Waals surface area contributed by atoms with Crippen molar-refractivity contribution in [3.05, 3.63) is 0 Å². The lowest BCUT2D eigenvalue weighted by atomic mass is 10.2. The minimum atomic E-state index is 1.05. The third kappa shape index (κ3) is 5.04. The zero-order valence-electron chi connectivity index (χ0n) is 7.61. The van der Waals surface area contributed by atoms with Crippen molar-refractivity contribution in [3.63, 3.8) is 0 Å². The Morgan fingerprint density at radius 3 is 2.30 bits per heavy atom. The number of rotatable bonds is 6. The fourth-order valence-electron chi connectivity index (χ4n) is 1.19. The zero-order chi connectivity index (χ0) is 7.82. The molecule has 1 unspecified atom stereocenters. The van der Waals surface area contributed by atoms with Crippen LogP contribution >= 0.6 is 0 Å². The van der Waals surface area contributed by atoms with Crippen LogP contribution in [0.4, 0.5) is 0 Å². The first kappa shape index (κ1) is 10.2. The highest BCUT2D eigenvalue weighted by atomic mass is 28.2. The molecule has 60 valence electrons. The van der Waals surface area contributed by atoms with E-state index in [9.17, 15) is 0 Å². The number of hydrogen-bond acceptors (Lipinski definition) is 0. The Labute approximate surface area is 68.2 Å². The van der Waals surface area contributed by atoms with Gasteiger partial charge in [0.1, 0.15) is 0 Å².